The molecule has 1 aromatic carbocycles. The standard InChI is InChI=1S/C12H11BrN4O2/c1-7-2-3-9(8(13)6-7)15-12-10(17(18)19)4-5-11(14)16-12/h2-6H,1H3,(H3,14,15,16). The molecule has 6 nitrogen and oxygen atoms in total. The average molecular weight is 323 g/mol. The predicted molar refractivity (Wildman–Crippen MR) is 77.5 cm³/mol. The van der Waals surface area contributed by atoms with Crippen molar-refractivity contribution in [1.29, 1.82) is 0 Å². The van der Waals surface area contributed by atoms with E-state index in [2.05, 4.69) is 26.2 Å². The van der Waals surface area contributed by atoms with Crippen molar-refractivity contribution in [2.75, 3.05) is 11.1 Å². The second-order valence-corrected chi connectivity index (χ2v) is 4.82. The van der Waals surface area contributed by atoms with E-state index < -0.39 is 4.92 Å². The van der Waals surface area contributed by atoms with Crippen LogP contribution in [0.25, 0.3) is 0 Å². The minimum absolute atomic E-state index is 0.120. The number of aryl methyl sites for hydroxylation is 1. The Labute approximate surface area is 117 Å². The van der Waals surface area contributed by atoms with Crippen LogP contribution in [0.4, 0.5) is 23.0 Å². The van der Waals surface area contributed by atoms with Gasteiger partial charge in [-0.25, -0.2) is 4.98 Å². The maximum atomic E-state index is 10.9. The molecular weight excluding hydrogens is 312 g/mol. The zero-order valence-corrected chi connectivity index (χ0v) is 11.6. The second-order valence-electron chi connectivity index (χ2n) is 3.97. The van der Waals surface area contributed by atoms with Gasteiger partial charge < -0.3 is 11.1 Å². The quantitative estimate of drug-likeness (QED) is 0.667. The molecule has 1 heterocycles. The monoisotopic (exact) mass is 322 g/mol. The number of halogens is 1. The first-order valence-electron chi connectivity index (χ1n) is 5.41. The number of nitrogen functional groups attached to an aromatic ring is 1. The summed E-state index contributed by atoms with van der Waals surface area (Å²) in [6.45, 7) is 1.95. The Hall–Kier alpha value is -2.15. The molecule has 0 aliphatic rings. The van der Waals surface area contributed by atoms with Crippen LogP contribution in [0.2, 0.25) is 0 Å². The van der Waals surface area contributed by atoms with Gasteiger partial charge in [0.15, 0.2) is 0 Å². The number of pyridine rings is 1. The summed E-state index contributed by atoms with van der Waals surface area (Å²) in [6, 6.07) is 8.33. The molecule has 0 atom stereocenters. The number of nitrogens with one attached hydrogen (secondary N) is 1. The fraction of sp³-hybridized carbons (Fsp3) is 0.0833. The Bertz CT molecular complexity index is 646. The molecule has 0 spiro atoms. The van der Waals surface area contributed by atoms with E-state index in [1.54, 1.807) is 0 Å². The summed E-state index contributed by atoms with van der Waals surface area (Å²) in [5.74, 6) is 0.339. The van der Waals surface area contributed by atoms with Crippen molar-refractivity contribution in [3.8, 4) is 0 Å². The Morgan fingerprint density at radius 1 is 1.37 bits per heavy atom. The zero-order chi connectivity index (χ0) is 14.0. The van der Waals surface area contributed by atoms with Crippen LogP contribution in [-0.2, 0) is 0 Å². The molecule has 7 heteroatoms. The van der Waals surface area contributed by atoms with E-state index in [1.807, 2.05) is 25.1 Å². The lowest BCUT2D eigenvalue weighted by atomic mass is 10.2. The fourth-order valence-corrected chi connectivity index (χ4v) is 2.15. The molecule has 0 unspecified atom stereocenters. The smallest absolute Gasteiger partial charge is 0.311 e. The van der Waals surface area contributed by atoms with Crippen LogP contribution < -0.4 is 11.1 Å². The van der Waals surface area contributed by atoms with Crippen LogP contribution >= 0.6 is 15.9 Å². The van der Waals surface area contributed by atoms with E-state index in [0.29, 0.717) is 5.69 Å². The van der Waals surface area contributed by atoms with Gasteiger partial charge in [-0.2, -0.15) is 0 Å². The predicted octanol–water partition coefficient (Wildman–Crippen LogP) is 3.39. The Morgan fingerprint density at radius 3 is 2.74 bits per heavy atom. The van der Waals surface area contributed by atoms with Gasteiger partial charge >= 0.3 is 5.69 Å². The van der Waals surface area contributed by atoms with E-state index >= 15 is 0 Å². The largest absolute Gasteiger partial charge is 0.384 e. The van der Waals surface area contributed by atoms with Crippen molar-refractivity contribution < 1.29 is 4.92 Å². The van der Waals surface area contributed by atoms with Gasteiger partial charge in [-0.05, 0) is 46.6 Å². The average Bonchev–Trinajstić information content (AvgIpc) is 2.32. The molecule has 0 radical (unpaired) electrons. The highest BCUT2D eigenvalue weighted by Crippen LogP contribution is 2.30. The number of hydrogen-bond acceptors (Lipinski definition) is 5. The Kier molecular flexibility index (Phi) is 3.66. The number of aromatic nitrogens is 1. The van der Waals surface area contributed by atoms with Gasteiger partial charge in [0, 0.05) is 10.5 Å². The summed E-state index contributed by atoms with van der Waals surface area (Å²) < 4.78 is 0.797. The zero-order valence-electron chi connectivity index (χ0n) is 10.1. The van der Waals surface area contributed by atoms with E-state index in [9.17, 15) is 10.1 Å². The van der Waals surface area contributed by atoms with Crippen molar-refractivity contribution >= 4 is 38.9 Å². The molecule has 0 saturated carbocycles. The van der Waals surface area contributed by atoms with Gasteiger partial charge in [0.25, 0.3) is 0 Å². The second kappa shape index (κ2) is 5.23. The molecule has 0 amide bonds. The fourth-order valence-electron chi connectivity index (χ4n) is 1.56. The highest BCUT2D eigenvalue weighted by molar-refractivity contribution is 9.10. The van der Waals surface area contributed by atoms with Crippen LogP contribution in [0.1, 0.15) is 5.56 Å². The topological polar surface area (TPSA) is 94.1 Å². The van der Waals surface area contributed by atoms with Gasteiger partial charge in [0.2, 0.25) is 5.82 Å². The van der Waals surface area contributed by atoms with Crippen molar-refractivity contribution in [3.63, 3.8) is 0 Å². The van der Waals surface area contributed by atoms with Gasteiger partial charge in [-0.15, -0.1) is 0 Å². The molecule has 3 N–H and O–H groups in total. The third-order valence-corrected chi connectivity index (χ3v) is 3.13. The normalized spacial score (nSPS) is 10.2. The van der Waals surface area contributed by atoms with Gasteiger partial charge in [-0.3, -0.25) is 10.1 Å². The summed E-state index contributed by atoms with van der Waals surface area (Å²) in [5.41, 5.74) is 7.20. The molecule has 98 valence electrons. The van der Waals surface area contributed by atoms with Crippen molar-refractivity contribution in [2.45, 2.75) is 6.92 Å². The first kappa shape index (κ1) is 13.3. The SMILES string of the molecule is Cc1ccc(Nc2nc(N)ccc2[N+](=O)[O-])c(Br)c1. The molecule has 0 fully saturated rings. The maximum absolute atomic E-state index is 10.9. The molecule has 2 rings (SSSR count). The summed E-state index contributed by atoms with van der Waals surface area (Å²) in [4.78, 5) is 14.4. The van der Waals surface area contributed by atoms with Gasteiger partial charge in [-0.1, -0.05) is 6.07 Å². The summed E-state index contributed by atoms with van der Waals surface area (Å²) >= 11 is 3.39. The number of nitro groups is 1. The van der Waals surface area contributed by atoms with E-state index in [4.69, 9.17) is 5.73 Å². The first-order chi connectivity index (χ1) is 8.97. The third kappa shape index (κ3) is 3.00. The number of anilines is 3. The Morgan fingerprint density at radius 2 is 2.11 bits per heavy atom. The van der Waals surface area contributed by atoms with Crippen LogP contribution in [0.3, 0.4) is 0 Å². The lowest BCUT2D eigenvalue weighted by molar-refractivity contribution is -0.384. The molecule has 2 aromatic rings. The van der Waals surface area contributed by atoms with Gasteiger partial charge in [0.05, 0.1) is 10.6 Å². The molecule has 0 saturated heterocycles. The molecule has 19 heavy (non-hydrogen) atoms. The highest BCUT2D eigenvalue weighted by atomic mass is 79.9. The lowest BCUT2D eigenvalue weighted by Crippen LogP contribution is -2.02. The maximum Gasteiger partial charge on any atom is 0.311 e. The summed E-state index contributed by atoms with van der Waals surface area (Å²) in [7, 11) is 0. The molecule has 0 aliphatic heterocycles. The van der Waals surface area contributed by atoms with E-state index in [0.717, 1.165) is 10.0 Å². The van der Waals surface area contributed by atoms with Crippen molar-refractivity contribution in [2.24, 2.45) is 0 Å². The van der Waals surface area contributed by atoms with Gasteiger partial charge in [0.1, 0.15) is 5.82 Å². The molecule has 0 bridgehead atoms. The minimum atomic E-state index is -0.503. The van der Waals surface area contributed by atoms with Crippen LogP contribution in [0.5, 0.6) is 0 Å². The van der Waals surface area contributed by atoms with Crippen molar-refractivity contribution in [1.82, 2.24) is 4.98 Å². The Balaban J connectivity index is 2.42. The van der Waals surface area contributed by atoms with Crippen LogP contribution in [0.15, 0.2) is 34.8 Å². The van der Waals surface area contributed by atoms with Crippen LogP contribution in [-0.4, -0.2) is 9.91 Å². The summed E-state index contributed by atoms with van der Waals surface area (Å²) in [6.07, 6.45) is 0. The first-order valence-corrected chi connectivity index (χ1v) is 6.21. The van der Waals surface area contributed by atoms with E-state index in [-0.39, 0.29) is 17.3 Å². The number of hydrogen-bond donors (Lipinski definition) is 2. The minimum Gasteiger partial charge on any atom is -0.384 e. The summed E-state index contributed by atoms with van der Waals surface area (Å²) in [5, 5.41) is 13.8. The van der Waals surface area contributed by atoms with Crippen LogP contribution in [0, 0.1) is 17.0 Å². The molecule has 0 aliphatic carbocycles. The highest BCUT2D eigenvalue weighted by Gasteiger charge is 2.16. The lowest BCUT2D eigenvalue weighted by Gasteiger charge is -2.09. The number of rotatable bonds is 3. The third-order valence-electron chi connectivity index (χ3n) is 2.47. The molecule has 1 aromatic heterocycles. The van der Waals surface area contributed by atoms with E-state index in [1.165, 1.54) is 12.1 Å². The number of benzene rings is 1. The molecular formula is C12H11BrN4O2. The number of nitrogens with zero attached hydrogens (tertiary/aromatic N) is 2. The van der Waals surface area contributed by atoms with Crippen molar-refractivity contribution in [3.05, 3.63) is 50.5 Å². The number of nitrogens with two attached hydrogens (primary N) is 1.